The molecule has 7 heteroatoms. The third-order valence-corrected chi connectivity index (χ3v) is 5.58. The van der Waals surface area contributed by atoms with E-state index in [1.54, 1.807) is 25.1 Å². The summed E-state index contributed by atoms with van der Waals surface area (Å²) in [5, 5.41) is 3.46. The van der Waals surface area contributed by atoms with Crippen molar-refractivity contribution in [3.63, 3.8) is 0 Å². The zero-order chi connectivity index (χ0) is 19.6. The summed E-state index contributed by atoms with van der Waals surface area (Å²) in [5.74, 6) is -0.305. The number of halogens is 1. The van der Waals surface area contributed by atoms with Gasteiger partial charge < -0.3 is 5.32 Å². The fourth-order valence-corrected chi connectivity index (χ4v) is 3.89. The molecule has 1 atom stereocenters. The first kappa shape index (κ1) is 19.5. The van der Waals surface area contributed by atoms with Crippen molar-refractivity contribution >= 4 is 51.7 Å². The average Bonchev–Trinajstić information content (AvgIpc) is 2.98. The predicted molar refractivity (Wildman–Crippen MR) is 113 cm³/mol. The molecular weight excluding hydrogens is 382 g/mol. The van der Waals surface area contributed by atoms with Crippen LogP contribution >= 0.6 is 23.4 Å². The molecule has 1 aliphatic rings. The van der Waals surface area contributed by atoms with Gasteiger partial charge >= 0.3 is 0 Å². The maximum absolute atomic E-state index is 12.6. The minimum atomic E-state index is -0.430. The van der Waals surface area contributed by atoms with Crippen LogP contribution in [-0.4, -0.2) is 28.8 Å². The van der Waals surface area contributed by atoms with Gasteiger partial charge in [0.25, 0.3) is 5.91 Å². The maximum Gasteiger partial charge on any atom is 0.254 e. The molecule has 27 heavy (non-hydrogen) atoms. The number of carbonyl (C=O) groups is 2. The summed E-state index contributed by atoms with van der Waals surface area (Å²) in [5.41, 5.74) is 3.51. The summed E-state index contributed by atoms with van der Waals surface area (Å²) < 4.78 is 0. The number of rotatable bonds is 4. The van der Waals surface area contributed by atoms with E-state index in [2.05, 4.69) is 10.3 Å². The van der Waals surface area contributed by atoms with E-state index in [0.717, 1.165) is 16.8 Å². The number of aryl methyl sites for hydroxylation is 2. The molecule has 2 aromatic carbocycles. The molecule has 0 radical (unpaired) electrons. The number of nitrogens with one attached hydrogen (secondary N) is 1. The van der Waals surface area contributed by atoms with E-state index >= 15 is 0 Å². The summed E-state index contributed by atoms with van der Waals surface area (Å²) in [6.07, 6.45) is 0. The molecule has 0 saturated heterocycles. The van der Waals surface area contributed by atoms with Crippen molar-refractivity contribution in [2.75, 3.05) is 16.8 Å². The first-order chi connectivity index (χ1) is 12.9. The molecule has 2 amide bonds. The van der Waals surface area contributed by atoms with Gasteiger partial charge in [-0.1, -0.05) is 53.2 Å². The fourth-order valence-electron chi connectivity index (χ4n) is 2.74. The highest BCUT2D eigenvalue weighted by Gasteiger charge is 2.31. The molecule has 2 aromatic rings. The van der Waals surface area contributed by atoms with E-state index in [1.165, 1.54) is 16.7 Å². The molecule has 0 unspecified atom stereocenters. The van der Waals surface area contributed by atoms with Gasteiger partial charge in [0.1, 0.15) is 6.54 Å². The normalized spacial score (nSPS) is 14.9. The number of para-hydroxylation sites is 1. The van der Waals surface area contributed by atoms with Crippen molar-refractivity contribution < 1.29 is 9.59 Å². The number of anilines is 2. The Labute approximate surface area is 167 Å². The molecule has 140 valence electrons. The zero-order valence-electron chi connectivity index (χ0n) is 15.3. The maximum atomic E-state index is 12.6. The quantitative estimate of drug-likeness (QED) is 0.824. The van der Waals surface area contributed by atoms with Crippen molar-refractivity contribution in [3.8, 4) is 0 Å². The van der Waals surface area contributed by atoms with Gasteiger partial charge in [0, 0.05) is 5.69 Å². The first-order valence-electron chi connectivity index (χ1n) is 8.53. The number of amidine groups is 1. The molecule has 0 aliphatic carbocycles. The molecule has 1 N–H and O–H groups in total. The lowest BCUT2D eigenvalue weighted by Gasteiger charge is -2.21. The van der Waals surface area contributed by atoms with E-state index in [-0.39, 0.29) is 18.4 Å². The van der Waals surface area contributed by atoms with Crippen LogP contribution < -0.4 is 10.2 Å². The lowest BCUT2D eigenvalue weighted by Crippen LogP contribution is -2.33. The molecule has 1 heterocycles. The number of aliphatic imine (C=N–C) groups is 1. The number of nitrogens with zero attached hydrogens (tertiary/aromatic N) is 2. The van der Waals surface area contributed by atoms with Crippen molar-refractivity contribution in [2.45, 2.75) is 26.0 Å². The summed E-state index contributed by atoms with van der Waals surface area (Å²) in [6.45, 7) is 5.81. The van der Waals surface area contributed by atoms with Crippen LogP contribution in [-0.2, 0) is 9.59 Å². The fraction of sp³-hybridized carbons (Fsp3) is 0.250. The number of benzene rings is 2. The molecule has 0 aromatic heterocycles. The van der Waals surface area contributed by atoms with Crippen LogP contribution in [0.1, 0.15) is 18.1 Å². The number of thioether (sulfide) groups is 1. The summed E-state index contributed by atoms with van der Waals surface area (Å²) >= 11 is 7.48. The van der Waals surface area contributed by atoms with Crippen LogP contribution in [0.3, 0.4) is 0 Å². The zero-order valence-corrected chi connectivity index (χ0v) is 16.9. The first-order valence-corrected chi connectivity index (χ1v) is 9.79. The molecule has 5 nitrogen and oxygen atoms in total. The highest BCUT2D eigenvalue weighted by molar-refractivity contribution is 8.15. The monoisotopic (exact) mass is 401 g/mol. The average molecular weight is 402 g/mol. The number of hydrogen-bond acceptors (Lipinski definition) is 4. The smallest absolute Gasteiger partial charge is 0.254 e. The van der Waals surface area contributed by atoms with Gasteiger partial charge in [-0.3, -0.25) is 19.5 Å². The SMILES string of the molecule is Cc1ccc(NC(=O)[C@H](C)SC2=NCC(=O)N2c2ccccc2Cl)c(C)c1. The molecule has 0 spiro atoms. The highest BCUT2D eigenvalue weighted by atomic mass is 35.5. The predicted octanol–water partition coefficient (Wildman–Crippen LogP) is 4.42. The van der Waals surface area contributed by atoms with E-state index in [1.807, 2.05) is 38.1 Å². The Hall–Kier alpha value is -2.31. The number of carbonyl (C=O) groups excluding carboxylic acids is 2. The lowest BCUT2D eigenvalue weighted by atomic mass is 10.1. The minimum absolute atomic E-state index is 0.0545. The van der Waals surface area contributed by atoms with Crippen molar-refractivity contribution in [1.82, 2.24) is 0 Å². The third-order valence-electron chi connectivity index (χ3n) is 4.17. The Morgan fingerprint density at radius 2 is 2.00 bits per heavy atom. The third kappa shape index (κ3) is 4.34. The summed E-state index contributed by atoms with van der Waals surface area (Å²) in [6, 6.07) is 13.0. The summed E-state index contributed by atoms with van der Waals surface area (Å²) in [4.78, 5) is 30.7. The van der Waals surface area contributed by atoms with Crippen LogP contribution in [0.25, 0.3) is 0 Å². The molecule has 1 aliphatic heterocycles. The van der Waals surface area contributed by atoms with Crippen LogP contribution in [0.4, 0.5) is 11.4 Å². The van der Waals surface area contributed by atoms with Gasteiger partial charge in [-0.2, -0.15) is 0 Å². The van der Waals surface area contributed by atoms with Crippen LogP contribution in [0.2, 0.25) is 5.02 Å². The highest BCUT2D eigenvalue weighted by Crippen LogP contribution is 2.31. The topological polar surface area (TPSA) is 61.8 Å². The van der Waals surface area contributed by atoms with Gasteiger partial charge in [0.05, 0.1) is 16.0 Å². The second kappa shape index (κ2) is 8.15. The van der Waals surface area contributed by atoms with E-state index in [4.69, 9.17) is 11.6 Å². The Bertz CT molecular complexity index is 929. The van der Waals surface area contributed by atoms with Crippen LogP contribution in [0.5, 0.6) is 0 Å². The molecule has 0 fully saturated rings. The Morgan fingerprint density at radius 3 is 2.70 bits per heavy atom. The van der Waals surface area contributed by atoms with Gasteiger partial charge in [0.15, 0.2) is 5.17 Å². The van der Waals surface area contributed by atoms with E-state index in [0.29, 0.717) is 15.9 Å². The molecule has 3 rings (SSSR count). The van der Waals surface area contributed by atoms with Gasteiger partial charge in [-0.15, -0.1) is 0 Å². The van der Waals surface area contributed by atoms with E-state index in [9.17, 15) is 9.59 Å². The largest absolute Gasteiger partial charge is 0.325 e. The van der Waals surface area contributed by atoms with E-state index < -0.39 is 5.25 Å². The molecular formula is C20H20ClN3O2S. The van der Waals surface area contributed by atoms with Crippen molar-refractivity contribution in [2.24, 2.45) is 4.99 Å². The minimum Gasteiger partial charge on any atom is -0.325 e. The molecule has 0 bridgehead atoms. The van der Waals surface area contributed by atoms with Crippen LogP contribution in [0, 0.1) is 13.8 Å². The number of hydrogen-bond donors (Lipinski definition) is 1. The van der Waals surface area contributed by atoms with Crippen molar-refractivity contribution in [1.29, 1.82) is 0 Å². The lowest BCUT2D eigenvalue weighted by molar-refractivity contribution is -0.116. The van der Waals surface area contributed by atoms with Gasteiger partial charge in [-0.25, -0.2) is 0 Å². The number of amides is 2. The Balaban J connectivity index is 1.72. The molecule has 0 saturated carbocycles. The second-order valence-electron chi connectivity index (χ2n) is 6.35. The summed E-state index contributed by atoms with van der Waals surface area (Å²) in [7, 11) is 0. The Morgan fingerprint density at radius 1 is 1.26 bits per heavy atom. The van der Waals surface area contributed by atoms with Gasteiger partial charge in [0.2, 0.25) is 5.91 Å². The Kier molecular flexibility index (Phi) is 5.87. The van der Waals surface area contributed by atoms with Crippen LogP contribution in [0.15, 0.2) is 47.5 Å². The van der Waals surface area contributed by atoms with Gasteiger partial charge in [-0.05, 0) is 44.5 Å². The standard InChI is InChI=1S/C20H20ClN3O2S/c1-12-8-9-16(13(2)10-12)23-19(26)14(3)27-20-22-11-18(25)24(20)17-7-5-4-6-15(17)21/h4-10,14H,11H2,1-3H3,(H,23,26)/t14-/m0/s1. The second-order valence-corrected chi connectivity index (χ2v) is 8.06. The van der Waals surface area contributed by atoms with Crippen molar-refractivity contribution in [3.05, 3.63) is 58.6 Å².